The van der Waals surface area contributed by atoms with Gasteiger partial charge in [-0.2, -0.15) is 5.26 Å². The number of carbonyl (C=O) groups excluding carboxylic acids is 1. The maximum Gasteiger partial charge on any atom is 0.239 e. The van der Waals surface area contributed by atoms with Gasteiger partial charge in [0, 0.05) is 12.2 Å². The van der Waals surface area contributed by atoms with Crippen molar-refractivity contribution in [2.75, 3.05) is 25.0 Å². The summed E-state index contributed by atoms with van der Waals surface area (Å²) in [7, 11) is 0. The minimum atomic E-state index is -0.124. The minimum absolute atomic E-state index is 0.124. The Bertz CT molecular complexity index is 423. The number of nitriles is 1. The highest BCUT2D eigenvalue weighted by atomic mass is 16.5. The SMILES string of the molecule is CCCOc1ccc(NCC(=O)NCCC#N)cc1. The maximum absolute atomic E-state index is 11.4. The van der Waals surface area contributed by atoms with Gasteiger partial charge in [0.1, 0.15) is 5.75 Å². The Morgan fingerprint density at radius 2 is 2.11 bits per heavy atom. The van der Waals surface area contributed by atoms with Crippen LogP contribution in [-0.4, -0.2) is 25.6 Å². The Balaban J connectivity index is 2.29. The molecule has 0 aliphatic carbocycles. The number of carbonyl (C=O) groups is 1. The van der Waals surface area contributed by atoms with E-state index < -0.39 is 0 Å². The van der Waals surface area contributed by atoms with Crippen molar-refractivity contribution in [3.63, 3.8) is 0 Å². The van der Waals surface area contributed by atoms with E-state index in [1.165, 1.54) is 0 Å². The zero-order valence-corrected chi connectivity index (χ0v) is 11.1. The van der Waals surface area contributed by atoms with Gasteiger partial charge in [0.2, 0.25) is 5.91 Å². The van der Waals surface area contributed by atoms with Gasteiger partial charge in [-0.05, 0) is 30.7 Å². The zero-order valence-electron chi connectivity index (χ0n) is 11.1. The van der Waals surface area contributed by atoms with E-state index in [4.69, 9.17) is 10.00 Å². The molecule has 0 spiro atoms. The summed E-state index contributed by atoms with van der Waals surface area (Å²) >= 11 is 0. The molecule has 0 aliphatic heterocycles. The molecule has 0 atom stereocenters. The third kappa shape index (κ3) is 6.32. The lowest BCUT2D eigenvalue weighted by molar-refractivity contribution is -0.119. The second-order valence-corrected chi connectivity index (χ2v) is 3.98. The Kier molecular flexibility index (Phi) is 6.88. The minimum Gasteiger partial charge on any atom is -0.494 e. The Hall–Kier alpha value is -2.22. The van der Waals surface area contributed by atoms with E-state index in [9.17, 15) is 4.79 Å². The summed E-state index contributed by atoms with van der Waals surface area (Å²) in [5.74, 6) is 0.701. The summed E-state index contributed by atoms with van der Waals surface area (Å²) in [6.45, 7) is 3.34. The van der Waals surface area contributed by atoms with E-state index >= 15 is 0 Å². The highest BCUT2D eigenvalue weighted by Crippen LogP contribution is 2.15. The van der Waals surface area contributed by atoms with Crippen LogP contribution in [-0.2, 0) is 4.79 Å². The number of amides is 1. The van der Waals surface area contributed by atoms with Crippen molar-refractivity contribution in [2.45, 2.75) is 19.8 Å². The number of hydrogen-bond acceptors (Lipinski definition) is 4. The van der Waals surface area contributed by atoms with Gasteiger partial charge in [-0.15, -0.1) is 0 Å². The molecule has 0 radical (unpaired) electrons. The van der Waals surface area contributed by atoms with Crippen LogP contribution in [0.1, 0.15) is 19.8 Å². The molecule has 5 nitrogen and oxygen atoms in total. The molecule has 0 aliphatic rings. The molecule has 5 heteroatoms. The average molecular weight is 261 g/mol. The summed E-state index contributed by atoms with van der Waals surface area (Å²) in [5, 5.41) is 14.0. The van der Waals surface area contributed by atoms with E-state index in [0.29, 0.717) is 19.6 Å². The van der Waals surface area contributed by atoms with E-state index in [2.05, 4.69) is 17.6 Å². The molecule has 0 fully saturated rings. The molecule has 0 bridgehead atoms. The summed E-state index contributed by atoms with van der Waals surface area (Å²) in [6.07, 6.45) is 1.30. The van der Waals surface area contributed by atoms with Gasteiger partial charge in [-0.1, -0.05) is 6.92 Å². The number of nitrogens with one attached hydrogen (secondary N) is 2. The summed E-state index contributed by atoms with van der Waals surface area (Å²) in [6, 6.07) is 9.44. The van der Waals surface area contributed by atoms with Crippen LogP contribution in [0.25, 0.3) is 0 Å². The molecule has 2 N–H and O–H groups in total. The van der Waals surface area contributed by atoms with Crippen molar-refractivity contribution in [3.05, 3.63) is 24.3 Å². The molecule has 1 rings (SSSR count). The van der Waals surface area contributed by atoms with Crippen LogP contribution in [0.5, 0.6) is 5.75 Å². The molecule has 1 amide bonds. The molecule has 0 unspecified atom stereocenters. The number of ether oxygens (including phenoxy) is 1. The quantitative estimate of drug-likeness (QED) is 0.701. The third-order valence-electron chi connectivity index (χ3n) is 2.34. The first-order valence-electron chi connectivity index (χ1n) is 6.36. The Morgan fingerprint density at radius 3 is 2.74 bits per heavy atom. The van der Waals surface area contributed by atoms with Gasteiger partial charge in [-0.25, -0.2) is 0 Å². The molecule has 0 aromatic heterocycles. The number of benzene rings is 1. The molecule has 1 aromatic carbocycles. The Morgan fingerprint density at radius 1 is 1.37 bits per heavy atom. The zero-order chi connectivity index (χ0) is 13.9. The lowest BCUT2D eigenvalue weighted by Gasteiger charge is -2.08. The predicted molar refractivity (Wildman–Crippen MR) is 74.0 cm³/mol. The predicted octanol–water partition coefficient (Wildman–Crippen LogP) is 1.92. The van der Waals surface area contributed by atoms with Gasteiger partial charge < -0.3 is 15.4 Å². The molecule has 0 saturated carbocycles. The monoisotopic (exact) mass is 261 g/mol. The third-order valence-corrected chi connectivity index (χ3v) is 2.34. The van der Waals surface area contributed by atoms with Crippen molar-refractivity contribution in [1.82, 2.24) is 5.32 Å². The molecule has 0 saturated heterocycles. The molecule has 0 heterocycles. The summed E-state index contributed by atoms with van der Waals surface area (Å²) in [5.41, 5.74) is 0.860. The first-order valence-corrected chi connectivity index (χ1v) is 6.36. The van der Waals surface area contributed by atoms with Crippen molar-refractivity contribution in [1.29, 1.82) is 5.26 Å². The van der Waals surface area contributed by atoms with Crippen molar-refractivity contribution < 1.29 is 9.53 Å². The molecular weight excluding hydrogens is 242 g/mol. The first-order chi connectivity index (χ1) is 9.26. The van der Waals surface area contributed by atoms with Crippen molar-refractivity contribution in [2.24, 2.45) is 0 Å². The van der Waals surface area contributed by atoms with Gasteiger partial charge in [-0.3, -0.25) is 4.79 Å². The van der Waals surface area contributed by atoms with Crippen molar-refractivity contribution in [3.8, 4) is 11.8 Å². The van der Waals surface area contributed by atoms with Crippen LogP contribution in [0.2, 0.25) is 0 Å². The van der Waals surface area contributed by atoms with Crippen LogP contribution < -0.4 is 15.4 Å². The Labute approximate surface area is 113 Å². The largest absolute Gasteiger partial charge is 0.494 e. The van der Waals surface area contributed by atoms with Gasteiger partial charge in [0.15, 0.2) is 0 Å². The van der Waals surface area contributed by atoms with Gasteiger partial charge >= 0.3 is 0 Å². The van der Waals surface area contributed by atoms with Gasteiger partial charge in [0.25, 0.3) is 0 Å². The highest BCUT2D eigenvalue weighted by molar-refractivity contribution is 5.80. The van der Waals surface area contributed by atoms with E-state index in [1.807, 2.05) is 30.3 Å². The molecule has 102 valence electrons. The van der Waals surface area contributed by atoms with Crippen LogP contribution in [0.3, 0.4) is 0 Å². The summed E-state index contributed by atoms with van der Waals surface area (Å²) in [4.78, 5) is 11.4. The normalized spacial score (nSPS) is 9.47. The topological polar surface area (TPSA) is 74.2 Å². The van der Waals surface area contributed by atoms with Crippen LogP contribution >= 0.6 is 0 Å². The number of nitrogens with zero attached hydrogens (tertiary/aromatic N) is 1. The fraction of sp³-hybridized carbons (Fsp3) is 0.429. The second kappa shape index (κ2) is 8.81. The number of rotatable bonds is 8. The standard InChI is InChI=1S/C14H19N3O2/c1-2-10-19-13-6-4-12(5-7-13)17-11-14(18)16-9-3-8-15/h4-7,17H,2-3,9-11H2,1H3,(H,16,18). The average Bonchev–Trinajstić information content (AvgIpc) is 2.44. The summed E-state index contributed by atoms with van der Waals surface area (Å²) < 4.78 is 5.46. The maximum atomic E-state index is 11.4. The van der Waals surface area contributed by atoms with Crippen molar-refractivity contribution >= 4 is 11.6 Å². The smallest absolute Gasteiger partial charge is 0.239 e. The fourth-order valence-electron chi connectivity index (χ4n) is 1.39. The number of hydrogen-bond donors (Lipinski definition) is 2. The fourth-order valence-corrected chi connectivity index (χ4v) is 1.39. The lowest BCUT2D eigenvalue weighted by Crippen LogP contribution is -2.30. The molecule has 19 heavy (non-hydrogen) atoms. The van der Waals surface area contributed by atoms with E-state index in [0.717, 1.165) is 17.9 Å². The second-order valence-electron chi connectivity index (χ2n) is 3.98. The highest BCUT2D eigenvalue weighted by Gasteiger charge is 2.00. The van der Waals surface area contributed by atoms with Crippen LogP contribution in [0.15, 0.2) is 24.3 Å². The van der Waals surface area contributed by atoms with Crippen LogP contribution in [0, 0.1) is 11.3 Å². The first kappa shape index (κ1) is 14.8. The molecule has 1 aromatic rings. The van der Waals surface area contributed by atoms with Gasteiger partial charge in [0.05, 0.1) is 25.6 Å². The number of anilines is 1. The van der Waals surface area contributed by atoms with E-state index in [1.54, 1.807) is 0 Å². The van der Waals surface area contributed by atoms with E-state index in [-0.39, 0.29) is 12.5 Å². The van der Waals surface area contributed by atoms with Crippen LogP contribution in [0.4, 0.5) is 5.69 Å². The molecular formula is C14H19N3O2. The lowest BCUT2D eigenvalue weighted by atomic mass is 10.3.